The van der Waals surface area contributed by atoms with Crippen molar-refractivity contribution in [2.24, 2.45) is 0 Å². The first kappa shape index (κ1) is 13.9. The lowest BCUT2D eigenvalue weighted by Crippen LogP contribution is -2.22. The Balaban J connectivity index is 2.34. The van der Waals surface area contributed by atoms with Crippen molar-refractivity contribution in [3.8, 4) is 5.75 Å². The van der Waals surface area contributed by atoms with Crippen LogP contribution in [-0.2, 0) is 11.3 Å². The molecule has 1 aromatic heterocycles. The molecule has 0 fully saturated rings. The van der Waals surface area contributed by atoms with Gasteiger partial charge in [0.05, 0.1) is 18.5 Å². The molecule has 0 amide bonds. The predicted molar refractivity (Wildman–Crippen MR) is 65.0 cm³/mol. The molecule has 0 aliphatic heterocycles. The van der Waals surface area contributed by atoms with E-state index in [4.69, 9.17) is 9.47 Å². The highest BCUT2D eigenvalue weighted by atomic mass is 16.5. The molecule has 0 bridgehead atoms. The topological polar surface area (TPSA) is 63.6 Å². The van der Waals surface area contributed by atoms with Crippen molar-refractivity contribution in [1.29, 1.82) is 0 Å². The van der Waals surface area contributed by atoms with Gasteiger partial charge in [0.1, 0.15) is 18.5 Å². The van der Waals surface area contributed by atoms with Crippen LogP contribution in [0.25, 0.3) is 0 Å². The molecule has 0 radical (unpaired) electrons. The lowest BCUT2D eigenvalue weighted by molar-refractivity contribution is 0.0324. The van der Waals surface area contributed by atoms with Gasteiger partial charge in [0.2, 0.25) is 0 Å². The maximum atomic E-state index is 9.40. The molecular weight excluding hydrogens is 220 g/mol. The van der Waals surface area contributed by atoms with Crippen LogP contribution in [0.3, 0.4) is 0 Å². The zero-order chi connectivity index (χ0) is 12.5. The Bertz CT molecular complexity index is 303. The molecule has 0 aliphatic rings. The number of hydrogen-bond donors (Lipinski definition) is 2. The van der Waals surface area contributed by atoms with E-state index in [9.17, 15) is 5.11 Å². The van der Waals surface area contributed by atoms with Crippen molar-refractivity contribution in [1.82, 2.24) is 10.3 Å². The Morgan fingerprint density at radius 3 is 2.82 bits per heavy atom. The first-order valence-electron chi connectivity index (χ1n) is 5.71. The highest BCUT2D eigenvalue weighted by Gasteiger charge is 2.04. The number of methoxy groups -OCH3 is 1. The lowest BCUT2D eigenvalue weighted by atomic mass is 10.3. The highest BCUT2D eigenvalue weighted by Crippen LogP contribution is 2.09. The molecule has 0 saturated carbocycles. The van der Waals surface area contributed by atoms with Crippen molar-refractivity contribution in [2.75, 3.05) is 26.9 Å². The van der Waals surface area contributed by atoms with Crippen LogP contribution in [0.5, 0.6) is 5.75 Å². The first-order chi connectivity index (χ1) is 8.26. The normalized spacial score (nSPS) is 12.4. The summed E-state index contributed by atoms with van der Waals surface area (Å²) in [5, 5.41) is 12.6. The predicted octanol–water partition coefficient (Wildman–Crippen LogP) is 0.577. The van der Waals surface area contributed by atoms with Gasteiger partial charge in [0.25, 0.3) is 0 Å². The molecule has 2 N–H and O–H groups in total. The minimum Gasteiger partial charge on any atom is -0.489 e. The molecule has 1 atom stereocenters. The number of nitrogens with one attached hydrogen (secondary N) is 1. The fourth-order valence-corrected chi connectivity index (χ4v) is 1.29. The first-order valence-corrected chi connectivity index (χ1v) is 5.71. The van der Waals surface area contributed by atoms with Gasteiger partial charge in [-0.1, -0.05) is 6.92 Å². The summed E-state index contributed by atoms with van der Waals surface area (Å²) < 4.78 is 10.2. The van der Waals surface area contributed by atoms with Crippen molar-refractivity contribution < 1.29 is 14.6 Å². The average Bonchev–Trinajstić information content (AvgIpc) is 2.35. The zero-order valence-electron chi connectivity index (χ0n) is 10.3. The number of aliphatic hydroxyl groups is 1. The molecule has 17 heavy (non-hydrogen) atoms. The number of rotatable bonds is 8. The number of ether oxygens (including phenoxy) is 2. The summed E-state index contributed by atoms with van der Waals surface area (Å²) in [4.78, 5) is 4.24. The van der Waals surface area contributed by atoms with Gasteiger partial charge in [-0.2, -0.15) is 0 Å². The van der Waals surface area contributed by atoms with Crippen LogP contribution in [0.4, 0.5) is 0 Å². The summed E-state index contributed by atoms with van der Waals surface area (Å²) in [6.45, 7) is 4.20. The summed E-state index contributed by atoms with van der Waals surface area (Å²) in [6.07, 6.45) is 1.05. The van der Waals surface area contributed by atoms with E-state index >= 15 is 0 Å². The van der Waals surface area contributed by atoms with Gasteiger partial charge in [0.15, 0.2) is 0 Å². The molecule has 96 valence electrons. The minimum absolute atomic E-state index is 0.210. The number of aromatic nitrogens is 1. The SMILES string of the molecule is CCNCc1ccc(OCC(O)COC)cn1. The van der Waals surface area contributed by atoms with Gasteiger partial charge >= 0.3 is 0 Å². The van der Waals surface area contributed by atoms with Crippen LogP contribution >= 0.6 is 0 Å². The van der Waals surface area contributed by atoms with Crippen molar-refractivity contribution in [3.05, 3.63) is 24.0 Å². The van der Waals surface area contributed by atoms with E-state index in [1.807, 2.05) is 12.1 Å². The average molecular weight is 240 g/mol. The number of nitrogens with zero attached hydrogens (tertiary/aromatic N) is 1. The van der Waals surface area contributed by atoms with Crippen LogP contribution in [0.15, 0.2) is 18.3 Å². The van der Waals surface area contributed by atoms with E-state index in [0.29, 0.717) is 5.75 Å². The summed E-state index contributed by atoms with van der Waals surface area (Å²) in [7, 11) is 1.54. The second kappa shape index (κ2) is 8.00. The zero-order valence-corrected chi connectivity index (χ0v) is 10.3. The monoisotopic (exact) mass is 240 g/mol. The van der Waals surface area contributed by atoms with E-state index in [1.54, 1.807) is 13.3 Å². The van der Waals surface area contributed by atoms with Gasteiger partial charge in [-0.05, 0) is 18.7 Å². The van der Waals surface area contributed by atoms with Crippen molar-refractivity contribution >= 4 is 0 Å². The molecule has 1 rings (SSSR count). The van der Waals surface area contributed by atoms with Crippen molar-refractivity contribution in [3.63, 3.8) is 0 Å². The van der Waals surface area contributed by atoms with Crippen LogP contribution in [0.1, 0.15) is 12.6 Å². The molecule has 0 spiro atoms. The molecule has 5 nitrogen and oxygen atoms in total. The quantitative estimate of drug-likeness (QED) is 0.696. The van der Waals surface area contributed by atoms with Gasteiger partial charge in [-0.25, -0.2) is 0 Å². The Morgan fingerprint density at radius 2 is 2.24 bits per heavy atom. The second-order valence-corrected chi connectivity index (χ2v) is 3.69. The van der Waals surface area contributed by atoms with Gasteiger partial charge in [-0.3, -0.25) is 4.98 Å². The summed E-state index contributed by atoms with van der Waals surface area (Å²) in [5.41, 5.74) is 0.969. The maximum absolute atomic E-state index is 9.40. The smallest absolute Gasteiger partial charge is 0.137 e. The lowest BCUT2D eigenvalue weighted by Gasteiger charge is -2.11. The molecule has 0 aliphatic carbocycles. The molecule has 0 saturated heterocycles. The Hall–Kier alpha value is -1.17. The summed E-state index contributed by atoms with van der Waals surface area (Å²) >= 11 is 0. The van der Waals surface area contributed by atoms with Crippen LogP contribution in [0, 0.1) is 0 Å². The van der Waals surface area contributed by atoms with Crippen LogP contribution in [-0.4, -0.2) is 43.1 Å². The Morgan fingerprint density at radius 1 is 1.41 bits per heavy atom. The summed E-state index contributed by atoms with van der Waals surface area (Å²) in [6, 6.07) is 3.75. The number of aliphatic hydroxyl groups excluding tert-OH is 1. The number of hydrogen-bond acceptors (Lipinski definition) is 5. The largest absolute Gasteiger partial charge is 0.489 e. The van der Waals surface area contributed by atoms with Gasteiger partial charge in [0, 0.05) is 13.7 Å². The fourth-order valence-electron chi connectivity index (χ4n) is 1.29. The van der Waals surface area contributed by atoms with Crippen LogP contribution in [0.2, 0.25) is 0 Å². The molecule has 1 aromatic rings. The summed E-state index contributed by atoms with van der Waals surface area (Å²) in [5.74, 6) is 0.653. The molecule has 0 aromatic carbocycles. The third kappa shape index (κ3) is 5.63. The van der Waals surface area contributed by atoms with Crippen LogP contribution < -0.4 is 10.1 Å². The number of pyridine rings is 1. The van der Waals surface area contributed by atoms with E-state index < -0.39 is 6.10 Å². The van der Waals surface area contributed by atoms with E-state index in [-0.39, 0.29) is 13.2 Å². The fraction of sp³-hybridized carbons (Fsp3) is 0.583. The van der Waals surface area contributed by atoms with Gasteiger partial charge in [-0.15, -0.1) is 0 Å². The third-order valence-corrected chi connectivity index (χ3v) is 2.16. The molecule has 5 heteroatoms. The minimum atomic E-state index is -0.610. The third-order valence-electron chi connectivity index (χ3n) is 2.16. The van der Waals surface area contributed by atoms with E-state index in [0.717, 1.165) is 18.8 Å². The van der Waals surface area contributed by atoms with Gasteiger partial charge < -0.3 is 19.9 Å². The second-order valence-electron chi connectivity index (χ2n) is 3.69. The Kier molecular flexibility index (Phi) is 6.54. The highest BCUT2D eigenvalue weighted by molar-refractivity contribution is 5.19. The molecule has 1 heterocycles. The van der Waals surface area contributed by atoms with Crippen molar-refractivity contribution in [2.45, 2.75) is 19.6 Å². The molecule has 1 unspecified atom stereocenters. The maximum Gasteiger partial charge on any atom is 0.137 e. The van der Waals surface area contributed by atoms with E-state index in [2.05, 4.69) is 17.2 Å². The standard InChI is InChI=1S/C12H20N2O3/c1-3-13-6-10-4-5-12(7-14-10)17-9-11(15)8-16-2/h4-5,7,11,13,15H,3,6,8-9H2,1-2H3. The molecular formula is C12H20N2O3. The Labute approximate surface area is 102 Å². The van der Waals surface area contributed by atoms with E-state index in [1.165, 1.54) is 0 Å².